The van der Waals surface area contributed by atoms with Crippen molar-refractivity contribution in [3.63, 3.8) is 0 Å². The molecular weight excluding hydrogens is 310 g/mol. The molecule has 23 heavy (non-hydrogen) atoms. The number of benzene rings is 1. The molecule has 1 aromatic heterocycles. The van der Waals surface area contributed by atoms with Crippen molar-refractivity contribution in [2.24, 2.45) is 0 Å². The van der Waals surface area contributed by atoms with Crippen LogP contribution in [0.25, 0.3) is 0 Å². The molecule has 4 nitrogen and oxygen atoms in total. The lowest BCUT2D eigenvalue weighted by Gasteiger charge is -2.10. The number of nitrogens with zero attached hydrogens (tertiary/aromatic N) is 1. The first kappa shape index (κ1) is 17.6. The van der Waals surface area contributed by atoms with Crippen LogP contribution in [0.15, 0.2) is 35.7 Å². The molecule has 0 radical (unpaired) electrons. The second kappa shape index (κ2) is 9.43. The number of unbranched alkanes of at least 4 members (excludes halogenated alkanes) is 1. The molecule has 1 N–H and O–H groups in total. The van der Waals surface area contributed by atoms with Gasteiger partial charge in [-0.3, -0.25) is 4.79 Å². The van der Waals surface area contributed by atoms with E-state index in [1.54, 1.807) is 18.3 Å². The van der Waals surface area contributed by atoms with Crippen LogP contribution in [0.2, 0.25) is 0 Å². The summed E-state index contributed by atoms with van der Waals surface area (Å²) in [5, 5.41) is 13.1. The summed E-state index contributed by atoms with van der Waals surface area (Å²) < 4.78 is 4.92. The van der Waals surface area contributed by atoms with Crippen molar-refractivity contribution in [3.05, 3.63) is 52.0 Å². The predicted octanol–water partition coefficient (Wildman–Crippen LogP) is 3.70. The van der Waals surface area contributed by atoms with E-state index in [0.717, 1.165) is 41.9 Å². The molecule has 1 atom stereocenters. The minimum Gasteiger partial charge on any atom is -0.466 e. The van der Waals surface area contributed by atoms with Gasteiger partial charge in [0.15, 0.2) is 0 Å². The van der Waals surface area contributed by atoms with Crippen LogP contribution in [0, 0.1) is 0 Å². The largest absolute Gasteiger partial charge is 0.466 e. The summed E-state index contributed by atoms with van der Waals surface area (Å²) in [5.74, 6) is -0.227. The second-order valence-corrected chi connectivity index (χ2v) is 6.33. The maximum atomic E-state index is 11.4. The monoisotopic (exact) mass is 333 g/mol. The van der Waals surface area contributed by atoms with Gasteiger partial charge in [0.25, 0.3) is 0 Å². The highest BCUT2D eigenvalue weighted by Crippen LogP contribution is 2.20. The third-order valence-electron chi connectivity index (χ3n) is 3.53. The zero-order valence-corrected chi connectivity index (χ0v) is 14.2. The first-order valence-corrected chi connectivity index (χ1v) is 8.89. The van der Waals surface area contributed by atoms with Gasteiger partial charge in [0.2, 0.25) is 0 Å². The molecule has 1 unspecified atom stereocenters. The van der Waals surface area contributed by atoms with E-state index in [1.807, 2.05) is 35.7 Å². The van der Waals surface area contributed by atoms with Gasteiger partial charge in [-0.25, -0.2) is 4.98 Å². The van der Waals surface area contributed by atoms with Crippen molar-refractivity contribution in [1.82, 2.24) is 4.98 Å². The minimum atomic E-state index is -0.396. The molecule has 2 aromatic rings. The van der Waals surface area contributed by atoms with Gasteiger partial charge in [0.1, 0.15) is 0 Å². The summed E-state index contributed by atoms with van der Waals surface area (Å²) in [4.78, 5) is 15.9. The molecule has 0 saturated carbocycles. The molecule has 5 heteroatoms. The highest BCUT2D eigenvalue weighted by Gasteiger charge is 2.09. The van der Waals surface area contributed by atoms with Crippen LogP contribution in [0.3, 0.4) is 0 Å². The number of carbonyl (C=O) groups is 1. The summed E-state index contributed by atoms with van der Waals surface area (Å²) >= 11 is 1.58. The number of ether oxygens (including phenoxy) is 1. The van der Waals surface area contributed by atoms with E-state index < -0.39 is 6.10 Å². The molecular formula is C18H23NO3S. The second-order valence-electron chi connectivity index (χ2n) is 5.39. The molecule has 124 valence electrons. The average molecular weight is 333 g/mol. The lowest BCUT2D eigenvalue weighted by molar-refractivity contribution is -0.142. The number of thiazole rings is 1. The van der Waals surface area contributed by atoms with Crippen molar-refractivity contribution in [3.8, 4) is 0 Å². The molecule has 0 bridgehead atoms. The van der Waals surface area contributed by atoms with E-state index in [1.165, 1.54) is 0 Å². The van der Waals surface area contributed by atoms with Crippen molar-refractivity contribution in [2.45, 2.75) is 45.1 Å². The van der Waals surface area contributed by atoms with Crippen molar-refractivity contribution < 1.29 is 14.6 Å². The fourth-order valence-electron chi connectivity index (χ4n) is 2.36. The Balaban J connectivity index is 1.68. The minimum absolute atomic E-state index is 0.227. The standard InChI is InChI=1S/C18H23NO3S/c1-2-22-18(21)12-15-13-23-17(19-15)11-7-6-10-16(20)14-8-4-3-5-9-14/h3-5,8-9,13,16,20H,2,6-7,10-12H2,1H3. The molecule has 0 fully saturated rings. The predicted molar refractivity (Wildman–Crippen MR) is 91.4 cm³/mol. The van der Waals surface area contributed by atoms with E-state index in [2.05, 4.69) is 4.98 Å². The smallest absolute Gasteiger partial charge is 0.311 e. The van der Waals surface area contributed by atoms with Crippen LogP contribution in [-0.2, 0) is 22.4 Å². The molecule has 0 aliphatic carbocycles. The molecule has 2 rings (SSSR count). The number of aliphatic hydroxyl groups excluding tert-OH is 1. The Bertz CT molecular complexity index is 597. The van der Waals surface area contributed by atoms with Gasteiger partial charge in [-0.15, -0.1) is 11.3 Å². The average Bonchev–Trinajstić information content (AvgIpc) is 2.99. The first-order chi connectivity index (χ1) is 11.2. The number of hydrogen-bond acceptors (Lipinski definition) is 5. The number of esters is 1. The maximum Gasteiger partial charge on any atom is 0.311 e. The van der Waals surface area contributed by atoms with Gasteiger partial charge in [-0.1, -0.05) is 36.8 Å². The summed E-state index contributed by atoms with van der Waals surface area (Å²) in [5.41, 5.74) is 1.76. The maximum absolute atomic E-state index is 11.4. The van der Waals surface area contributed by atoms with Crippen molar-refractivity contribution in [1.29, 1.82) is 0 Å². The number of carbonyl (C=O) groups excluding carboxylic acids is 1. The number of hydrogen-bond donors (Lipinski definition) is 1. The highest BCUT2D eigenvalue weighted by atomic mass is 32.1. The van der Waals surface area contributed by atoms with E-state index in [0.29, 0.717) is 6.61 Å². The molecule has 0 aliphatic rings. The highest BCUT2D eigenvalue weighted by molar-refractivity contribution is 7.09. The third kappa shape index (κ3) is 6.12. The summed E-state index contributed by atoms with van der Waals surface area (Å²) in [6.45, 7) is 2.20. The van der Waals surface area contributed by atoms with Crippen LogP contribution in [0.1, 0.15) is 48.6 Å². The van der Waals surface area contributed by atoms with Gasteiger partial charge in [0.05, 0.1) is 29.8 Å². The first-order valence-electron chi connectivity index (χ1n) is 8.01. The SMILES string of the molecule is CCOC(=O)Cc1csc(CCCCC(O)c2ccccc2)n1. The number of rotatable bonds is 9. The Morgan fingerprint density at radius 2 is 2.09 bits per heavy atom. The van der Waals surface area contributed by atoms with E-state index >= 15 is 0 Å². The van der Waals surface area contributed by atoms with Crippen molar-refractivity contribution >= 4 is 17.3 Å². The Labute approximate surface area is 141 Å². The zero-order valence-electron chi connectivity index (χ0n) is 13.4. The lowest BCUT2D eigenvalue weighted by Crippen LogP contribution is -2.07. The topological polar surface area (TPSA) is 59.4 Å². The molecule has 1 aromatic carbocycles. The summed E-state index contributed by atoms with van der Waals surface area (Å²) in [6, 6.07) is 9.74. The fraction of sp³-hybridized carbons (Fsp3) is 0.444. The van der Waals surface area contributed by atoms with Crippen LogP contribution in [0.4, 0.5) is 0 Å². The Kier molecular flexibility index (Phi) is 7.23. The van der Waals surface area contributed by atoms with Crippen LogP contribution in [-0.4, -0.2) is 22.7 Å². The third-order valence-corrected chi connectivity index (χ3v) is 4.49. The Morgan fingerprint density at radius 1 is 1.30 bits per heavy atom. The lowest BCUT2D eigenvalue weighted by atomic mass is 10.0. The summed E-state index contributed by atoms with van der Waals surface area (Å²) in [6.07, 6.45) is 3.42. The normalized spacial score (nSPS) is 12.1. The molecule has 0 saturated heterocycles. The summed E-state index contributed by atoms with van der Waals surface area (Å²) in [7, 11) is 0. The van der Waals surface area contributed by atoms with Gasteiger partial charge >= 0.3 is 5.97 Å². The fourth-order valence-corrected chi connectivity index (χ4v) is 3.20. The van der Waals surface area contributed by atoms with Gasteiger partial charge in [-0.05, 0) is 31.7 Å². The van der Waals surface area contributed by atoms with Crippen molar-refractivity contribution in [2.75, 3.05) is 6.61 Å². The zero-order chi connectivity index (χ0) is 16.5. The quantitative estimate of drug-likeness (QED) is 0.561. The van der Waals surface area contributed by atoms with Gasteiger partial charge < -0.3 is 9.84 Å². The van der Waals surface area contributed by atoms with E-state index in [9.17, 15) is 9.90 Å². The Morgan fingerprint density at radius 3 is 2.83 bits per heavy atom. The Hall–Kier alpha value is -1.72. The number of aryl methyl sites for hydroxylation is 1. The molecule has 0 aliphatic heterocycles. The van der Waals surface area contributed by atoms with Crippen LogP contribution >= 0.6 is 11.3 Å². The van der Waals surface area contributed by atoms with Gasteiger partial charge in [0, 0.05) is 5.38 Å². The van der Waals surface area contributed by atoms with E-state index in [-0.39, 0.29) is 12.4 Å². The molecule has 1 heterocycles. The van der Waals surface area contributed by atoms with Crippen LogP contribution < -0.4 is 0 Å². The number of aliphatic hydroxyl groups is 1. The van der Waals surface area contributed by atoms with Crippen LogP contribution in [0.5, 0.6) is 0 Å². The number of aromatic nitrogens is 1. The van der Waals surface area contributed by atoms with E-state index in [4.69, 9.17) is 4.74 Å². The van der Waals surface area contributed by atoms with Gasteiger partial charge in [-0.2, -0.15) is 0 Å². The molecule has 0 amide bonds. The molecule has 0 spiro atoms.